The highest BCUT2D eigenvalue weighted by Gasteiger charge is 2.15. The number of carbonyl (C=O) groups is 2. The van der Waals surface area contributed by atoms with E-state index in [0.717, 1.165) is 10.0 Å². The summed E-state index contributed by atoms with van der Waals surface area (Å²) in [7, 11) is 1.29. The van der Waals surface area contributed by atoms with Crippen LogP contribution >= 0.6 is 27.5 Å². The van der Waals surface area contributed by atoms with Crippen LogP contribution in [0.25, 0.3) is 0 Å². The molecule has 1 amide bonds. The molecule has 0 radical (unpaired) electrons. The van der Waals surface area contributed by atoms with E-state index in [9.17, 15) is 9.59 Å². The molecule has 6 heteroatoms. The Labute approximate surface area is 141 Å². The van der Waals surface area contributed by atoms with Crippen LogP contribution in [0.3, 0.4) is 0 Å². The van der Waals surface area contributed by atoms with Gasteiger partial charge in [-0.3, -0.25) is 4.79 Å². The highest BCUT2D eigenvalue weighted by molar-refractivity contribution is 9.10. The number of esters is 1. The minimum absolute atomic E-state index is 0.276. The van der Waals surface area contributed by atoms with Crippen molar-refractivity contribution >= 4 is 45.1 Å². The second-order valence-corrected chi connectivity index (χ2v) is 6.00. The van der Waals surface area contributed by atoms with E-state index in [1.54, 1.807) is 36.4 Å². The van der Waals surface area contributed by atoms with Gasteiger partial charge in [0.05, 0.1) is 18.4 Å². The van der Waals surface area contributed by atoms with Gasteiger partial charge in [0, 0.05) is 15.1 Å². The normalized spacial score (nSPS) is 10.2. The summed E-state index contributed by atoms with van der Waals surface area (Å²) >= 11 is 9.28. The highest BCUT2D eigenvalue weighted by Crippen LogP contribution is 2.23. The quantitative estimate of drug-likeness (QED) is 0.798. The van der Waals surface area contributed by atoms with Gasteiger partial charge >= 0.3 is 5.97 Å². The van der Waals surface area contributed by atoms with E-state index in [1.807, 2.05) is 6.92 Å². The molecule has 2 rings (SSSR count). The summed E-state index contributed by atoms with van der Waals surface area (Å²) in [5.41, 5.74) is 1.93. The first-order valence-electron chi connectivity index (χ1n) is 6.37. The van der Waals surface area contributed by atoms with Crippen LogP contribution in [0.4, 0.5) is 5.69 Å². The fraction of sp³-hybridized carbons (Fsp3) is 0.125. The third-order valence-corrected chi connectivity index (χ3v) is 3.65. The maximum Gasteiger partial charge on any atom is 0.339 e. The topological polar surface area (TPSA) is 55.4 Å². The molecule has 2 aromatic rings. The highest BCUT2D eigenvalue weighted by atomic mass is 79.9. The van der Waals surface area contributed by atoms with Crippen LogP contribution in [-0.4, -0.2) is 19.0 Å². The molecule has 0 spiro atoms. The minimum atomic E-state index is -0.523. The Morgan fingerprint density at radius 2 is 1.91 bits per heavy atom. The second-order valence-electron chi connectivity index (χ2n) is 4.65. The first-order chi connectivity index (χ1) is 10.4. The predicted molar refractivity (Wildman–Crippen MR) is 89.6 cm³/mol. The first kappa shape index (κ1) is 16.5. The molecule has 0 saturated heterocycles. The molecule has 2 aromatic carbocycles. The van der Waals surface area contributed by atoms with Crippen molar-refractivity contribution in [2.24, 2.45) is 0 Å². The summed E-state index contributed by atoms with van der Waals surface area (Å²) in [6.07, 6.45) is 0. The molecule has 0 saturated carbocycles. The summed E-state index contributed by atoms with van der Waals surface area (Å²) in [5, 5.41) is 3.19. The van der Waals surface area contributed by atoms with E-state index < -0.39 is 5.97 Å². The SMILES string of the molecule is COC(=O)c1ccc(Br)cc1NC(=O)c1cc(C)cc(Cl)c1. The van der Waals surface area contributed by atoms with Crippen molar-refractivity contribution in [3.63, 3.8) is 0 Å². The van der Waals surface area contributed by atoms with Gasteiger partial charge in [-0.2, -0.15) is 0 Å². The maximum absolute atomic E-state index is 12.4. The molecular weight excluding hydrogens is 370 g/mol. The summed E-state index contributed by atoms with van der Waals surface area (Å²) in [4.78, 5) is 24.1. The number of anilines is 1. The third kappa shape index (κ3) is 3.87. The molecule has 0 aliphatic heterocycles. The average Bonchev–Trinajstić information content (AvgIpc) is 2.45. The van der Waals surface area contributed by atoms with Crippen LogP contribution in [0.1, 0.15) is 26.3 Å². The number of amides is 1. The van der Waals surface area contributed by atoms with Crippen molar-refractivity contribution in [3.8, 4) is 0 Å². The number of rotatable bonds is 3. The van der Waals surface area contributed by atoms with Crippen LogP contribution in [0.15, 0.2) is 40.9 Å². The van der Waals surface area contributed by atoms with Crippen molar-refractivity contribution in [1.82, 2.24) is 0 Å². The molecule has 22 heavy (non-hydrogen) atoms. The number of carbonyl (C=O) groups excluding carboxylic acids is 2. The molecule has 0 aromatic heterocycles. The van der Waals surface area contributed by atoms with Crippen LogP contribution in [0, 0.1) is 6.92 Å². The summed E-state index contributed by atoms with van der Waals surface area (Å²) in [6.45, 7) is 1.85. The summed E-state index contributed by atoms with van der Waals surface area (Å²) in [5.74, 6) is -0.876. The maximum atomic E-state index is 12.4. The molecule has 4 nitrogen and oxygen atoms in total. The minimum Gasteiger partial charge on any atom is -0.465 e. The van der Waals surface area contributed by atoms with Gasteiger partial charge in [0.1, 0.15) is 0 Å². The molecule has 0 bridgehead atoms. The Bertz CT molecular complexity index is 726. The Morgan fingerprint density at radius 3 is 2.55 bits per heavy atom. The lowest BCUT2D eigenvalue weighted by molar-refractivity contribution is 0.0602. The zero-order valence-electron chi connectivity index (χ0n) is 11.9. The Morgan fingerprint density at radius 1 is 1.18 bits per heavy atom. The molecule has 0 heterocycles. The number of halogens is 2. The van der Waals surface area contributed by atoms with E-state index in [0.29, 0.717) is 16.3 Å². The van der Waals surface area contributed by atoms with Gasteiger partial charge in [-0.25, -0.2) is 4.79 Å². The summed E-state index contributed by atoms with van der Waals surface area (Å²) in [6, 6.07) is 9.97. The lowest BCUT2D eigenvalue weighted by Gasteiger charge is -2.11. The predicted octanol–water partition coefficient (Wildman–Crippen LogP) is 4.45. The molecule has 0 aliphatic carbocycles. The third-order valence-electron chi connectivity index (χ3n) is 2.94. The number of hydrogen-bond acceptors (Lipinski definition) is 3. The summed E-state index contributed by atoms with van der Waals surface area (Å²) < 4.78 is 5.45. The van der Waals surface area contributed by atoms with Crippen LogP contribution < -0.4 is 5.32 Å². The zero-order chi connectivity index (χ0) is 16.3. The van der Waals surface area contributed by atoms with Crippen molar-refractivity contribution in [1.29, 1.82) is 0 Å². The van der Waals surface area contributed by atoms with Gasteiger partial charge in [0.15, 0.2) is 0 Å². The van der Waals surface area contributed by atoms with E-state index in [1.165, 1.54) is 7.11 Å². The van der Waals surface area contributed by atoms with E-state index >= 15 is 0 Å². The fourth-order valence-electron chi connectivity index (χ4n) is 1.97. The monoisotopic (exact) mass is 381 g/mol. The molecule has 1 N–H and O–H groups in total. The molecule has 0 aliphatic rings. The number of hydrogen-bond donors (Lipinski definition) is 1. The van der Waals surface area contributed by atoms with Crippen molar-refractivity contribution in [3.05, 3.63) is 62.6 Å². The molecular formula is C16H13BrClNO3. The molecule has 0 unspecified atom stereocenters. The van der Waals surface area contributed by atoms with Gasteiger partial charge in [0.25, 0.3) is 5.91 Å². The Hall–Kier alpha value is -1.85. The van der Waals surface area contributed by atoms with E-state index in [-0.39, 0.29) is 11.5 Å². The number of benzene rings is 2. The first-order valence-corrected chi connectivity index (χ1v) is 7.54. The smallest absolute Gasteiger partial charge is 0.339 e. The number of ether oxygens (including phenoxy) is 1. The largest absolute Gasteiger partial charge is 0.465 e. The lowest BCUT2D eigenvalue weighted by Crippen LogP contribution is -2.15. The van der Waals surface area contributed by atoms with Gasteiger partial charge in [-0.15, -0.1) is 0 Å². The standard InChI is InChI=1S/C16H13BrClNO3/c1-9-5-10(7-12(18)6-9)15(20)19-14-8-11(17)3-4-13(14)16(21)22-2/h3-8H,1-2H3,(H,19,20). The molecule has 114 valence electrons. The van der Waals surface area contributed by atoms with E-state index in [4.69, 9.17) is 16.3 Å². The van der Waals surface area contributed by atoms with Crippen molar-refractivity contribution in [2.75, 3.05) is 12.4 Å². The number of aryl methyl sites for hydroxylation is 1. The van der Waals surface area contributed by atoms with Crippen LogP contribution in [0.2, 0.25) is 5.02 Å². The van der Waals surface area contributed by atoms with Crippen molar-refractivity contribution in [2.45, 2.75) is 6.92 Å². The molecule has 0 fully saturated rings. The Kier molecular flexibility index (Phi) is 5.21. The van der Waals surface area contributed by atoms with Gasteiger partial charge in [-0.1, -0.05) is 27.5 Å². The van der Waals surface area contributed by atoms with Crippen LogP contribution in [-0.2, 0) is 4.74 Å². The van der Waals surface area contributed by atoms with Crippen LogP contribution in [0.5, 0.6) is 0 Å². The fourth-order valence-corrected chi connectivity index (χ4v) is 2.62. The number of methoxy groups -OCH3 is 1. The van der Waals surface area contributed by atoms with E-state index in [2.05, 4.69) is 21.2 Å². The van der Waals surface area contributed by atoms with Gasteiger partial charge in [-0.05, 0) is 48.9 Å². The second kappa shape index (κ2) is 6.94. The lowest BCUT2D eigenvalue weighted by atomic mass is 10.1. The zero-order valence-corrected chi connectivity index (χ0v) is 14.3. The average molecular weight is 383 g/mol. The molecule has 0 atom stereocenters. The van der Waals surface area contributed by atoms with Crippen molar-refractivity contribution < 1.29 is 14.3 Å². The number of nitrogens with one attached hydrogen (secondary N) is 1. The Balaban J connectivity index is 2.35. The van der Waals surface area contributed by atoms with Gasteiger partial charge in [0.2, 0.25) is 0 Å². The van der Waals surface area contributed by atoms with Gasteiger partial charge < -0.3 is 10.1 Å².